The second-order valence-corrected chi connectivity index (χ2v) is 5.23. The maximum absolute atomic E-state index is 12.1. The van der Waals surface area contributed by atoms with Crippen molar-refractivity contribution in [2.45, 2.75) is 19.8 Å². The van der Waals surface area contributed by atoms with Crippen LogP contribution in [0, 0.1) is 0 Å². The van der Waals surface area contributed by atoms with Crippen molar-refractivity contribution >= 4 is 29.2 Å². The Labute approximate surface area is 131 Å². The molecule has 3 rings (SSSR count). The van der Waals surface area contributed by atoms with Crippen LogP contribution >= 0.6 is 0 Å². The summed E-state index contributed by atoms with van der Waals surface area (Å²) in [5, 5.41) is 2.55. The molecule has 1 aromatic carbocycles. The van der Waals surface area contributed by atoms with Gasteiger partial charge < -0.3 is 14.8 Å². The second-order valence-electron chi connectivity index (χ2n) is 5.23. The van der Waals surface area contributed by atoms with E-state index in [0.29, 0.717) is 11.5 Å². The van der Waals surface area contributed by atoms with E-state index >= 15 is 0 Å². The minimum atomic E-state index is -0.560. The number of fused-ring (bicyclic) bond motifs is 1. The fourth-order valence-corrected chi connectivity index (χ4v) is 2.47. The molecule has 0 aliphatic carbocycles. The fourth-order valence-electron chi connectivity index (χ4n) is 2.47. The lowest BCUT2D eigenvalue weighted by Crippen LogP contribution is -2.37. The van der Waals surface area contributed by atoms with Crippen LogP contribution in [0.5, 0.6) is 11.5 Å². The Hall–Kier alpha value is -2.90. The van der Waals surface area contributed by atoms with Crippen LogP contribution in [0.1, 0.15) is 30.1 Å². The number of likely N-dealkylation sites (tertiary alicyclic amines) is 1. The normalized spacial score (nSPS) is 16.0. The third-order valence-electron chi connectivity index (χ3n) is 3.62. The molecule has 1 aromatic rings. The zero-order valence-electron chi connectivity index (χ0n) is 12.4. The molecule has 0 spiro atoms. The van der Waals surface area contributed by atoms with Gasteiger partial charge in [0, 0.05) is 24.5 Å². The number of rotatable bonds is 4. The molecule has 0 saturated carbocycles. The van der Waals surface area contributed by atoms with Gasteiger partial charge in [-0.1, -0.05) is 0 Å². The number of carbonyl (C=O) groups excluding carboxylic acids is 4. The quantitative estimate of drug-likeness (QED) is 0.648. The number of anilines is 1. The Morgan fingerprint density at radius 2 is 1.74 bits per heavy atom. The predicted octanol–water partition coefficient (Wildman–Crippen LogP) is 0.705. The van der Waals surface area contributed by atoms with Crippen LogP contribution in [0.25, 0.3) is 0 Å². The van der Waals surface area contributed by atoms with E-state index in [4.69, 9.17) is 9.47 Å². The van der Waals surface area contributed by atoms with E-state index in [1.165, 1.54) is 19.1 Å². The van der Waals surface area contributed by atoms with Crippen LogP contribution in [0.4, 0.5) is 5.69 Å². The predicted molar refractivity (Wildman–Crippen MR) is 77.2 cm³/mol. The van der Waals surface area contributed by atoms with Gasteiger partial charge in [0.25, 0.3) is 0 Å². The zero-order valence-corrected chi connectivity index (χ0v) is 12.4. The first-order chi connectivity index (χ1) is 11.0. The van der Waals surface area contributed by atoms with E-state index in [1.807, 2.05) is 0 Å². The van der Waals surface area contributed by atoms with Gasteiger partial charge in [-0.05, 0) is 13.0 Å². The number of carbonyl (C=O) groups is 4. The number of imide groups is 1. The lowest BCUT2D eigenvalue weighted by molar-refractivity contribution is -0.141. The number of benzene rings is 1. The number of hydrogen-bond acceptors (Lipinski definition) is 6. The maximum Gasteiger partial charge on any atom is 0.244 e. The van der Waals surface area contributed by atoms with E-state index < -0.39 is 5.91 Å². The van der Waals surface area contributed by atoms with Crippen molar-refractivity contribution in [3.63, 3.8) is 0 Å². The number of nitrogens with zero attached hydrogens (tertiary/aromatic N) is 1. The molecule has 2 aliphatic rings. The molecular weight excluding hydrogens is 304 g/mol. The monoisotopic (exact) mass is 318 g/mol. The zero-order chi connectivity index (χ0) is 16.6. The summed E-state index contributed by atoms with van der Waals surface area (Å²) >= 11 is 0. The third kappa shape index (κ3) is 2.87. The highest BCUT2D eigenvalue weighted by molar-refractivity contribution is 6.08. The Morgan fingerprint density at radius 3 is 2.35 bits per heavy atom. The van der Waals surface area contributed by atoms with E-state index in [-0.39, 0.29) is 55.0 Å². The average Bonchev–Trinajstić information content (AvgIpc) is 3.07. The van der Waals surface area contributed by atoms with E-state index in [0.717, 1.165) is 4.90 Å². The molecule has 1 fully saturated rings. The Kier molecular flexibility index (Phi) is 3.73. The SMILES string of the molecule is CC(=O)c1cc2c(cc1NC(=O)CN1C(=O)CCC1=O)OCO2. The molecule has 2 aliphatic heterocycles. The number of amides is 3. The highest BCUT2D eigenvalue weighted by Crippen LogP contribution is 2.37. The number of hydrogen-bond donors (Lipinski definition) is 1. The topological polar surface area (TPSA) is 102 Å². The summed E-state index contributed by atoms with van der Waals surface area (Å²) in [6.07, 6.45) is 0.240. The van der Waals surface area contributed by atoms with Crippen molar-refractivity contribution in [2.75, 3.05) is 18.7 Å². The first-order valence-electron chi connectivity index (χ1n) is 7.03. The molecule has 0 unspecified atom stereocenters. The first-order valence-corrected chi connectivity index (χ1v) is 7.03. The maximum atomic E-state index is 12.1. The summed E-state index contributed by atoms with van der Waals surface area (Å²) in [5.41, 5.74) is 0.521. The van der Waals surface area contributed by atoms with Crippen LogP contribution in [-0.2, 0) is 14.4 Å². The smallest absolute Gasteiger partial charge is 0.244 e. The van der Waals surface area contributed by atoms with Gasteiger partial charge in [0.1, 0.15) is 6.54 Å². The van der Waals surface area contributed by atoms with Gasteiger partial charge >= 0.3 is 0 Å². The average molecular weight is 318 g/mol. The van der Waals surface area contributed by atoms with E-state index in [2.05, 4.69) is 5.32 Å². The molecular formula is C15H14N2O6. The van der Waals surface area contributed by atoms with Crippen LogP contribution in [0.15, 0.2) is 12.1 Å². The molecule has 0 aromatic heterocycles. The molecule has 23 heavy (non-hydrogen) atoms. The van der Waals surface area contributed by atoms with Crippen LogP contribution < -0.4 is 14.8 Å². The summed E-state index contributed by atoms with van der Waals surface area (Å²) in [4.78, 5) is 47.8. The summed E-state index contributed by atoms with van der Waals surface area (Å²) in [7, 11) is 0. The second kappa shape index (κ2) is 5.71. The number of Topliss-reactive ketones (excluding diaryl/α,β-unsaturated/α-hetero) is 1. The Morgan fingerprint density at radius 1 is 1.13 bits per heavy atom. The summed E-state index contributed by atoms with van der Waals surface area (Å²) in [5.74, 6) is -0.719. The van der Waals surface area contributed by atoms with Gasteiger partial charge in [0.05, 0.1) is 5.69 Å². The van der Waals surface area contributed by atoms with Gasteiger partial charge in [-0.3, -0.25) is 24.1 Å². The van der Waals surface area contributed by atoms with Gasteiger partial charge in [-0.15, -0.1) is 0 Å². The lowest BCUT2D eigenvalue weighted by atomic mass is 10.1. The first kappa shape index (κ1) is 15.0. The molecule has 8 heteroatoms. The molecule has 1 N–H and O–H groups in total. The van der Waals surface area contributed by atoms with Crippen LogP contribution in [0.3, 0.4) is 0 Å². The van der Waals surface area contributed by atoms with Crippen molar-refractivity contribution in [3.05, 3.63) is 17.7 Å². The van der Waals surface area contributed by atoms with Crippen molar-refractivity contribution < 1.29 is 28.7 Å². The molecule has 0 radical (unpaired) electrons. The molecule has 120 valence electrons. The van der Waals surface area contributed by atoms with Crippen LogP contribution in [-0.4, -0.2) is 41.7 Å². The Balaban J connectivity index is 1.79. The third-order valence-corrected chi connectivity index (χ3v) is 3.62. The van der Waals surface area contributed by atoms with Crippen molar-refractivity contribution in [1.29, 1.82) is 0 Å². The van der Waals surface area contributed by atoms with Gasteiger partial charge in [0.15, 0.2) is 17.3 Å². The lowest BCUT2D eigenvalue weighted by Gasteiger charge is -2.15. The number of ether oxygens (including phenoxy) is 2. The molecule has 2 heterocycles. The summed E-state index contributed by atoms with van der Waals surface area (Å²) in [6.45, 7) is 1.03. The molecule has 0 atom stereocenters. The standard InChI is InChI=1S/C15H14N2O6/c1-8(18)9-4-11-12(23-7-22-11)5-10(9)16-13(19)6-17-14(20)2-3-15(17)21/h4-5H,2-3,6-7H2,1H3,(H,16,19). The highest BCUT2D eigenvalue weighted by Gasteiger charge is 2.30. The molecule has 8 nitrogen and oxygen atoms in total. The minimum Gasteiger partial charge on any atom is -0.454 e. The summed E-state index contributed by atoms with van der Waals surface area (Å²) in [6, 6.07) is 2.98. The fraction of sp³-hybridized carbons (Fsp3) is 0.333. The van der Waals surface area contributed by atoms with Crippen molar-refractivity contribution in [3.8, 4) is 11.5 Å². The van der Waals surface area contributed by atoms with Crippen molar-refractivity contribution in [1.82, 2.24) is 4.90 Å². The molecule has 0 bridgehead atoms. The highest BCUT2D eigenvalue weighted by atomic mass is 16.7. The van der Waals surface area contributed by atoms with Crippen molar-refractivity contribution in [2.24, 2.45) is 0 Å². The van der Waals surface area contributed by atoms with Gasteiger partial charge in [0.2, 0.25) is 24.5 Å². The van der Waals surface area contributed by atoms with Gasteiger partial charge in [-0.2, -0.15) is 0 Å². The van der Waals surface area contributed by atoms with Crippen LogP contribution in [0.2, 0.25) is 0 Å². The number of nitrogens with one attached hydrogen (secondary N) is 1. The largest absolute Gasteiger partial charge is 0.454 e. The van der Waals surface area contributed by atoms with E-state index in [1.54, 1.807) is 0 Å². The minimum absolute atomic E-state index is 0.0425. The molecule has 3 amide bonds. The molecule has 1 saturated heterocycles. The summed E-state index contributed by atoms with van der Waals surface area (Å²) < 4.78 is 10.4. The Bertz CT molecular complexity index is 711. The number of ketones is 1. The van der Waals surface area contributed by atoms with E-state index in [9.17, 15) is 19.2 Å². The van der Waals surface area contributed by atoms with Gasteiger partial charge in [-0.25, -0.2) is 0 Å².